The van der Waals surface area contributed by atoms with E-state index in [0.717, 1.165) is 38.5 Å². The number of likely N-dealkylation sites (tertiary alicyclic amines) is 1. The molecule has 0 aromatic heterocycles. The van der Waals surface area contributed by atoms with Gasteiger partial charge in [-0.15, -0.1) is 0 Å². The molecule has 0 aromatic rings. The van der Waals surface area contributed by atoms with Crippen molar-refractivity contribution in [3.63, 3.8) is 0 Å². The lowest BCUT2D eigenvalue weighted by Gasteiger charge is -2.56. The van der Waals surface area contributed by atoms with Gasteiger partial charge in [0.25, 0.3) is 0 Å². The molecule has 0 radical (unpaired) electrons. The summed E-state index contributed by atoms with van der Waals surface area (Å²) in [6, 6.07) is 0. The minimum absolute atomic E-state index is 0.308. The summed E-state index contributed by atoms with van der Waals surface area (Å²) in [6.07, 6.45) is 5.50. The Kier molecular flexibility index (Phi) is 4.13. The minimum Gasteiger partial charge on any atom is -0.381 e. The topological polar surface area (TPSA) is 24.9 Å². The van der Waals surface area contributed by atoms with Gasteiger partial charge in [-0.05, 0) is 51.7 Å². The van der Waals surface area contributed by atoms with Gasteiger partial charge in [0.15, 0.2) is 0 Å². The van der Waals surface area contributed by atoms with Gasteiger partial charge in [0.2, 0.25) is 0 Å². The molecule has 0 aromatic carbocycles. The monoisotopic (exact) mass is 268 g/mol. The van der Waals surface area contributed by atoms with Crippen LogP contribution < -0.4 is 0 Å². The first-order valence-electron chi connectivity index (χ1n) is 7.76. The zero-order valence-corrected chi connectivity index (χ0v) is 12.4. The molecule has 3 rings (SSSR count). The van der Waals surface area contributed by atoms with E-state index in [1.807, 2.05) is 7.11 Å². The summed E-state index contributed by atoms with van der Waals surface area (Å²) in [5.41, 5.74) is 0.308. The largest absolute Gasteiger partial charge is 0.381 e. The highest BCUT2D eigenvalue weighted by Crippen LogP contribution is 2.42. The first kappa shape index (κ1) is 13.8. The van der Waals surface area contributed by atoms with E-state index in [9.17, 15) is 0 Å². The first-order chi connectivity index (χ1) is 9.22. The van der Waals surface area contributed by atoms with E-state index < -0.39 is 0 Å². The molecular formula is C15H28N2O2. The van der Waals surface area contributed by atoms with Gasteiger partial charge < -0.3 is 14.4 Å². The van der Waals surface area contributed by atoms with E-state index in [-0.39, 0.29) is 0 Å². The maximum Gasteiger partial charge on any atom is 0.0653 e. The highest BCUT2D eigenvalue weighted by atomic mass is 16.5. The Morgan fingerprint density at radius 1 is 1.21 bits per heavy atom. The Morgan fingerprint density at radius 2 is 1.95 bits per heavy atom. The van der Waals surface area contributed by atoms with Gasteiger partial charge in [-0.2, -0.15) is 0 Å². The highest BCUT2D eigenvalue weighted by Gasteiger charge is 2.50. The van der Waals surface area contributed by atoms with Crippen molar-refractivity contribution in [1.82, 2.24) is 9.80 Å². The number of methoxy groups -OCH3 is 1. The summed E-state index contributed by atoms with van der Waals surface area (Å²) >= 11 is 0. The van der Waals surface area contributed by atoms with Crippen LogP contribution in [0.25, 0.3) is 0 Å². The number of rotatable bonds is 3. The fourth-order valence-electron chi connectivity index (χ4n) is 3.94. The van der Waals surface area contributed by atoms with E-state index in [2.05, 4.69) is 16.8 Å². The lowest BCUT2D eigenvalue weighted by molar-refractivity contribution is -0.162. The molecular weight excluding hydrogens is 240 g/mol. The van der Waals surface area contributed by atoms with Crippen molar-refractivity contribution in [1.29, 1.82) is 0 Å². The van der Waals surface area contributed by atoms with Crippen molar-refractivity contribution in [3.8, 4) is 0 Å². The summed E-state index contributed by atoms with van der Waals surface area (Å²) in [7, 11) is 4.07. The summed E-state index contributed by atoms with van der Waals surface area (Å²) in [6.45, 7) is 6.74. The number of morpholine rings is 1. The van der Waals surface area contributed by atoms with Crippen LogP contribution in [0.3, 0.4) is 0 Å². The van der Waals surface area contributed by atoms with Gasteiger partial charge in [-0.3, -0.25) is 4.90 Å². The van der Waals surface area contributed by atoms with Crippen LogP contribution in [0.1, 0.15) is 25.7 Å². The number of hydrogen-bond acceptors (Lipinski definition) is 4. The Bertz CT molecular complexity index is 297. The highest BCUT2D eigenvalue weighted by molar-refractivity contribution is 5.05. The minimum atomic E-state index is 0.308. The summed E-state index contributed by atoms with van der Waals surface area (Å²) in [4.78, 5) is 5.18. The van der Waals surface area contributed by atoms with Crippen LogP contribution in [-0.4, -0.2) is 75.0 Å². The van der Waals surface area contributed by atoms with E-state index in [1.165, 1.54) is 32.5 Å². The lowest BCUT2D eigenvalue weighted by Crippen LogP contribution is -2.66. The second-order valence-corrected chi connectivity index (χ2v) is 6.74. The van der Waals surface area contributed by atoms with E-state index in [1.54, 1.807) is 0 Å². The van der Waals surface area contributed by atoms with Gasteiger partial charge in [0.1, 0.15) is 0 Å². The van der Waals surface area contributed by atoms with Crippen molar-refractivity contribution in [3.05, 3.63) is 0 Å². The molecule has 2 aliphatic heterocycles. The molecule has 1 saturated carbocycles. The van der Waals surface area contributed by atoms with Crippen molar-refractivity contribution in [2.24, 2.45) is 5.92 Å². The molecule has 2 heterocycles. The van der Waals surface area contributed by atoms with Crippen LogP contribution in [0.2, 0.25) is 0 Å². The molecule has 0 amide bonds. The standard InChI is InChI=1S/C15H28N2O2/c1-16-5-3-13(4-6-16)11-17-7-8-19-12-15(17)9-14(10-15)18-2/h13-14H,3-12H2,1-2H3/t14-,15-. The second-order valence-electron chi connectivity index (χ2n) is 6.74. The maximum atomic E-state index is 5.75. The van der Waals surface area contributed by atoms with Gasteiger partial charge >= 0.3 is 0 Å². The summed E-state index contributed by atoms with van der Waals surface area (Å²) in [5.74, 6) is 0.882. The number of nitrogens with zero attached hydrogens (tertiary/aromatic N) is 2. The average Bonchev–Trinajstić information content (AvgIpc) is 2.39. The maximum absolute atomic E-state index is 5.75. The summed E-state index contributed by atoms with van der Waals surface area (Å²) < 4.78 is 11.2. The van der Waals surface area contributed by atoms with Crippen molar-refractivity contribution in [2.45, 2.75) is 37.3 Å². The van der Waals surface area contributed by atoms with Crippen molar-refractivity contribution in [2.75, 3.05) is 53.6 Å². The third kappa shape index (κ3) is 2.82. The molecule has 0 N–H and O–H groups in total. The van der Waals surface area contributed by atoms with Gasteiger partial charge in [0, 0.05) is 25.7 Å². The van der Waals surface area contributed by atoms with Crippen LogP contribution >= 0.6 is 0 Å². The first-order valence-corrected chi connectivity index (χ1v) is 7.76. The average molecular weight is 268 g/mol. The Hall–Kier alpha value is -0.160. The normalized spacial score (nSPS) is 38.5. The molecule has 0 atom stereocenters. The third-order valence-electron chi connectivity index (χ3n) is 5.41. The van der Waals surface area contributed by atoms with Gasteiger partial charge in [-0.25, -0.2) is 0 Å². The van der Waals surface area contributed by atoms with Crippen molar-refractivity contribution < 1.29 is 9.47 Å². The molecule has 3 aliphatic rings. The number of hydrogen-bond donors (Lipinski definition) is 0. The predicted octanol–water partition coefficient (Wildman–Crippen LogP) is 1.21. The van der Waals surface area contributed by atoms with Crippen molar-refractivity contribution >= 4 is 0 Å². The second kappa shape index (κ2) is 5.68. The fraction of sp³-hybridized carbons (Fsp3) is 1.00. The molecule has 4 nitrogen and oxygen atoms in total. The fourth-order valence-corrected chi connectivity index (χ4v) is 3.94. The molecule has 0 bridgehead atoms. The van der Waals surface area contributed by atoms with E-state index in [4.69, 9.17) is 9.47 Å². The van der Waals surface area contributed by atoms with Crippen LogP contribution in [0, 0.1) is 5.92 Å². The van der Waals surface area contributed by atoms with Crippen LogP contribution in [-0.2, 0) is 9.47 Å². The summed E-state index contributed by atoms with van der Waals surface area (Å²) in [5, 5.41) is 0. The van der Waals surface area contributed by atoms with Crippen LogP contribution in [0.4, 0.5) is 0 Å². The number of piperidine rings is 1. The Balaban J connectivity index is 1.56. The molecule has 0 unspecified atom stereocenters. The van der Waals surface area contributed by atoms with Crippen LogP contribution in [0.15, 0.2) is 0 Å². The quantitative estimate of drug-likeness (QED) is 0.768. The smallest absolute Gasteiger partial charge is 0.0653 e. The SMILES string of the molecule is CO[C@H]1C[C@@]2(COCCN2CC2CCN(C)CC2)C1. The van der Waals surface area contributed by atoms with Crippen LogP contribution in [0.5, 0.6) is 0 Å². The van der Waals surface area contributed by atoms with Gasteiger partial charge in [-0.1, -0.05) is 0 Å². The number of ether oxygens (including phenoxy) is 2. The third-order valence-corrected chi connectivity index (χ3v) is 5.41. The van der Waals surface area contributed by atoms with E-state index in [0.29, 0.717) is 11.6 Å². The Morgan fingerprint density at radius 3 is 2.63 bits per heavy atom. The molecule has 110 valence electrons. The lowest BCUT2D eigenvalue weighted by atomic mass is 9.72. The molecule has 1 aliphatic carbocycles. The molecule has 3 fully saturated rings. The predicted molar refractivity (Wildman–Crippen MR) is 75.4 cm³/mol. The molecule has 19 heavy (non-hydrogen) atoms. The molecule has 2 saturated heterocycles. The van der Waals surface area contributed by atoms with Gasteiger partial charge in [0.05, 0.1) is 19.3 Å². The zero-order chi connectivity index (χ0) is 13.3. The zero-order valence-electron chi connectivity index (χ0n) is 12.4. The van der Waals surface area contributed by atoms with E-state index >= 15 is 0 Å². The Labute approximate surface area is 117 Å². The molecule has 1 spiro atoms. The molecule has 4 heteroatoms.